The number of carbonyl (C=O) groups excluding carboxylic acids is 1. The monoisotopic (exact) mass is 253 g/mol. The standard InChI is InChI=1S/C11H17N4O3/c1-13-9-12-11(14(17)18)10(13)8-15(2,3)6-4-5-7-16/h4-5,7,9H,6,8H2,1-3H3/q+1. The number of carbonyl (C=O) groups is 1. The van der Waals surface area contributed by atoms with Gasteiger partial charge >= 0.3 is 5.82 Å². The Hall–Kier alpha value is -2.02. The van der Waals surface area contributed by atoms with Crippen LogP contribution in [0.15, 0.2) is 18.5 Å². The summed E-state index contributed by atoms with van der Waals surface area (Å²) in [5.74, 6) is -0.108. The molecule has 0 amide bonds. The van der Waals surface area contributed by atoms with Gasteiger partial charge in [0.15, 0.2) is 5.69 Å². The fourth-order valence-corrected chi connectivity index (χ4v) is 1.65. The molecule has 0 aromatic carbocycles. The third kappa shape index (κ3) is 3.49. The van der Waals surface area contributed by atoms with E-state index in [0.29, 0.717) is 29.6 Å². The maximum atomic E-state index is 10.8. The minimum atomic E-state index is -0.476. The number of imidazole rings is 1. The molecule has 7 heteroatoms. The van der Waals surface area contributed by atoms with Crippen LogP contribution in [0, 0.1) is 10.1 Å². The fraction of sp³-hybridized carbons (Fsp3) is 0.455. The van der Waals surface area contributed by atoms with Gasteiger partial charge < -0.3 is 19.2 Å². The molecule has 0 spiro atoms. The summed E-state index contributed by atoms with van der Waals surface area (Å²) in [6.45, 7) is 1.08. The number of nitro groups is 1. The van der Waals surface area contributed by atoms with Gasteiger partial charge in [-0.25, -0.2) is 0 Å². The molecule has 1 aromatic rings. The molecule has 0 aliphatic heterocycles. The number of hydrogen-bond acceptors (Lipinski definition) is 4. The van der Waals surface area contributed by atoms with Crippen molar-refractivity contribution in [2.45, 2.75) is 6.54 Å². The number of rotatable bonds is 6. The molecule has 0 fully saturated rings. The first-order valence-corrected chi connectivity index (χ1v) is 5.44. The summed E-state index contributed by atoms with van der Waals surface area (Å²) in [7, 11) is 5.61. The Bertz CT molecular complexity index is 477. The third-order valence-corrected chi connectivity index (χ3v) is 2.60. The summed E-state index contributed by atoms with van der Waals surface area (Å²) in [5, 5.41) is 10.8. The van der Waals surface area contributed by atoms with Gasteiger partial charge in [-0.2, -0.15) is 0 Å². The Morgan fingerprint density at radius 2 is 2.22 bits per heavy atom. The average Bonchev–Trinajstić information content (AvgIpc) is 2.60. The number of aryl methyl sites for hydroxylation is 1. The SMILES string of the molecule is Cn1cnc([N+](=O)[O-])c1C[N+](C)(C)CC=CC=O. The molecule has 0 atom stereocenters. The van der Waals surface area contributed by atoms with Gasteiger partial charge in [-0.1, -0.05) is 0 Å². The highest BCUT2D eigenvalue weighted by Crippen LogP contribution is 2.19. The maximum Gasteiger partial charge on any atom is 0.390 e. The van der Waals surface area contributed by atoms with Crippen molar-refractivity contribution < 1.29 is 14.2 Å². The predicted octanol–water partition coefficient (Wildman–Crippen LogP) is 0.660. The van der Waals surface area contributed by atoms with E-state index >= 15 is 0 Å². The number of allylic oxidation sites excluding steroid dienone is 1. The molecule has 0 aliphatic rings. The molecule has 0 unspecified atom stereocenters. The zero-order chi connectivity index (χ0) is 13.8. The molecule has 18 heavy (non-hydrogen) atoms. The van der Waals surface area contributed by atoms with E-state index in [1.54, 1.807) is 17.7 Å². The van der Waals surface area contributed by atoms with Crippen LogP contribution in [0.5, 0.6) is 0 Å². The van der Waals surface area contributed by atoms with Gasteiger partial charge in [-0.3, -0.25) is 4.79 Å². The molecule has 7 nitrogen and oxygen atoms in total. The number of aldehydes is 1. The van der Waals surface area contributed by atoms with Crippen LogP contribution in [0.1, 0.15) is 5.69 Å². The van der Waals surface area contributed by atoms with Gasteiger partial charge in [0.05, 0.1) is 20.6 Å². The second kappa shape index (κ2) is 5.54. The first-order chi connectivity index (χ1) is 8.37. The summed E-state index contributed by atoms with van der Waals surface area (Å²) in [6, 6.07) is 0. The van der Waals surface area contributed by atoms with Crippen LogP contribution in [0.25, 0.3) is 0 Å². The van der Waals surface area contributed by atoms with Crippen LogP contribution in [0.4, 0.5) is 5.82 Å². The summed E-state index contributed by atoms with van der Waals surface area (Å²) in [5.41, 5.74) is 0.574. The Labute approximate surface area is 105 Å². The largest absolute Gasteiger partial charge is 0.390 e. The number of quaternary nitrogens is 1. The summed E-state index contributed by atoms with van der Waals surface area (Å²) < 4.78 is 2.16. The second-order valence-electron chi connectivity index (χ2n) is 4.72. The number of nitrogens with zero attached hydrogens (tertiary/aromatic N) is 4. The van der Waals surface area contributed by atoms with E-state index in [0.717, 1.165) is 0 Å². The van der Waals surface area contributed by atoms with Crippen molar-refractivity contribution in [3.05, 3.63) is 34.3 Å². The van der Waals surface area contributed by atoms with Crippen molar-refractivity contribution in [3.8, 4) is 0 Å². The first-order valence-electron chi connectivity index (χ1n) is 5.44. The topological polar surface area (TPSA) is 78.0 Å². The zero-order valence-corrected chi connectivity index (χ0v) is 10.7. The van der Waals surface area contributed by atoms with Crippen molar-refractivity contribution in [2.24, 2.45) is 7.05 Å². The Morgan fingerprint density at radius 3 is 2.78 bits per heavy atom. The highest BCUT2D eigenvalue weighted by molar-refractivity contribution is 5.64. The van der Waals surface area contributed by atoms with Crippen molar-refractivity contribution in [3.63, 3.8) is 0 Å². The molecule has 1 aromatic heterocycles. The normalized spacial score (nSPS) is 11.9. The molecule has 0 bridgehead atoms. The van der Waals surface area contributed by atoms with E-state index in [4.69, 9.17) is 0 Å². The second-order valence-corrected chi connectivity index (χ2v) is 4.72. The minimum absolute atomic E-state index is 0.108. The average molecular weight is 253 g/mol. The van der Waals surface area contributed by atoms with Crippen LogP contribution in [-0.2, 0) is 18.4 Å². The highest BCUT2D eigenvalue weighted by Gasteiger charge is 2.26. The lowest BCUT2D eigenvalue weighted by molar-refractivity contribution is -0.898. The molecular weight excluding hydrogens is 236 g/mol. The van der Waals surface area contributed by atoms with Crippen LogP contribution >= 0.6 is 0 Å². The van der Waals surface area contributed by atoms with E-state index < -0.39 is 4.92 Å². The van der Waals surface area contributed by atoms with Crippen LogP contribution in [0.2, 0.25) is 0 Å². The van der Waals surface area contributed by atoms with Gasteiger partial charge in [-0.15, -0.1) is 0 Å². The quantitative estimate of drug-likeness (QED) is 0.245. The molecule has 0 saturated carbocycles. The molecule has 0 saturated heterocycles. The molecular formula is C11H17N4O3+. The molecule has 0 N–H and O–H groups in total. The third-order valence-electron chi connectivity index (χ3n) is 2.60. The fourth-order valence-electron chi connectivity index (χ4n) is 1.65. The van der Waals surface area contributed by atoms with Crippen LogP contribution < -0.4 is 0 Å². The van der Waals surface area contributed by atoms with Crippen molar-refractivity contribution in [1.82, 2.24) is 9.55 Å². The van der Waals surface area contributed by atoms with Crippen LogP contribution in [0.3, 0.4) is 0 Å². The number of likely N-dealkylation sites (N-methyl/N-ethyl adjacent to an activating group) is 1. The smallest absolute Gasteiger partial charge is 0.358 e. The van der Waals surface area contributed by atoms with E-state index in [2.05, 4.69) is 4.98 Å². The Balaban J connectivity index is 2.89. The minimum Gasteiger partial charge on any atom is -0.358 e. The van der Waals surface area contributed by atoms with Gasteiger partial charge in [-0.05, 0) is 22.1 Å². The van der Waals surface area contributed by atoms with E-state index in [-0.39, 0.29) is 5.82 Å². The lowest BCUT2D eigenvalue weighted by atomic mass is 10.3. The molecule has 98 valence electrons. The lowest BCUT2D eigenvalue weighted by Gasteiger charge is -2.27. The Kier molecular flexibility index (Phi) is 4.33. The predicted molar refractivity (Wildman–Crippen MR) is 65.7 cm³/mol. The van der Waals surface area contributed by atoms with Crippen LogP contribution in [-0.4, -0.2) is 45.9 Å². The van der Waals surface area contributed by atoms with E-state index in [1.807, 2.05) is 14.1 Å². The van der Waals surface area contributed by atoms with Crippen molar-refractivity contribution >= 4 is 12.1 Å². The highest BCUT2D eigenvalue weighted by atomic mass is 16.6. The number of aromatic nitrogens is 2. The van der Waals surface area contributed by atoms with Gasteiger partial charge in [0.25, 0.3) is 0 Å². The molecule has 1 heterocycles. The molecule has 0 radical (unpaired) electrons. The van der Waals surface area contributed by atoms with Crippen molar-refractivity contribution in [2.75, 3.05) is 20.6 Å². The Morgan fingerprint density at radius 1 is 1.56 bits per heavy atom. The molecule has 1 rings (SSSR count). The van der Waals surface area contributed by atoms with Gasteiger partial charge in [0, 0.05) is 7.05 Å². The van der Waals surface area contributed by atoms with E-state index in [1.165, 1.54) is 12.4 Å². The zero-order valence-electron chi connectivity index (χ0n) is 10.7. The number of hydrogen-bond donors (Lipinski definition) is 0. The molecule has 0 aliphatic carbocycles. The van der Waals surface area contributed by atoms with Crippen molar-refractivity contribution in [1.29, 1.82) is 0 Å². The summed E-state index contributed by atoms with van der Waals surface area (Å²) in [4.78, 5) is 24.4. The maximum absolute atomic E-state index is 10.8. The van der Waals surface area contributed by atoms with Gasteiger partial charge in [0.1, 0.15) is 12.8 Å². The first kappa shape index (κ1) is 14.0. The lowest BCUT2D eigenvalue weighted by Crippen LogP contribution is -2.39. The van der Waals surface area contributed by atoms with Gasteiger partial charge in [0.2, 0.25) is 6.33 Å². The summed E-state index contributed by atoms with van der Waals surface area (Å²) >= 11 is 0. The van der Waals surface area contributed by atoms with E-state index in [9.17, 15) is 14.9 Å². The summed E-state index contributed by atoms with van der Waals surface area (Å²) in [6.07, 6.45) is 5.33.